The third-order valence-corrected chi connectivity index (χ3v) is 7.11. The van der Waals surface area contributed by atoms with Gasteiger partial charge in [0.15, 0.2) is 5.82 Å². The smallest absolute Gasteiger partial charge is 0.240 e. The fraction of sp³-hybridized carbons (Fsp3) is 0.810. The van der Waals surface area contributed by atoms with E-state index < -0.39 is 0 Å². The summed E-state index contributed by atoms with van der Waals surface area (Å²) in [4.78, 5) is 7.04. The fourth-order valence-electron chi connectivity index (χ4n) is 5.17. The van der Waals surface area contributed by atoms with Gasteiger partial charge in [-0.3, -0.25) is 4.90 Å². The number of fused-ring (bicyclic) bond motifs is 1. The molecule has 2 aromatic heterocycles. The topological polar surface area (TPSA) is 72.9 Å². The number of rotatable bonds is 6. The van der Waals surface area contributed by atoms with Gasteiger partial charge < -0.3 is 9.09 Å². The molecule has 0 bridgehead atoms. The van der Waals surface area contributed by atoms with E-state index in [4.69, 9.17) is 4.52 Å². The molecule has 4 heterocycles. The number of unbranched alkanes of at least 4 members (excludes halogenated alkanes) is 1. The Balaban J connectivity index is 1.17. The molecule has 5 rings (SSSR count). The first-order chi connectivity index (χ1) is 13.8. The van der Waals surface area contributed by atoms with E-state index in [-0.39, 0.29) is 0 Å². The van der Waals surface area contributed by atoms with Crippen molar-refractivity contribution in [1.29, 1.82) is 0 Å². The van der Waals surface area contributed by atoms with Crippen LogP contribution in [-0.4, -0.2) is 42.9 Å². The molecule has 7 nitrogen and oxygen atoms in total. The van der Waals surface area contributed by atoms with Gasteiger partial charge in [-0.15, -0.1) is 10.2 Å². The lowest BCUT2D eigenvalue weighted by atomic mass is 9.90. The van der Waals surface area contributed by atoms with E-state index in [2.05, 4.69) is 36.7 Å². The van der Waals surface area contributed by atoms with Crippen LogP contribution in [0.5, 0.6) is 0 Å². The van der Waals surface area contributed by atoms with Crippen LogP contribution < -0.4 is 0 Å². The Hall–Kier alpha value is -1.76. The minimum atomic E-state index is 0.466. The van der Waals surface area contributed by atoms with Crippen LogP contribution in [0.3, 0.4) is 0 Å². The number of piperidine rings is 1. The molecule has 1 atom stereocenters. The van der Waals surface area contributed by atoms with Gasteiger partial charge in [0.1, 0.15) is 11.6 Å². The molecule has 3 aliphatic rings. The zero-order valence-corrected chi connectivity index (χ0v) is 17.1. The molecule has 2 fully saturated rings. The Kier molecular flexibility index (Phi) is 4.95. The van der Waals surface area contributed by atoms with Gasteiger partial charge in [0.05, 0.1) is 6.54 Å². The number of aryl methyl sites for hydroxylation is 2. The van der Waals surface area contributed by atoms with Crippen LogP contribution >= 0.6 is 0 Å². The second kappa shape index (κ2) is 7.58. The monoisotopic (exact) mass is 384 g/mol. The number of nitrogens with zero attached hydrogens (tertiary/aromatic N) is 6. The highest BCUT2D eigenvalue weighted by atomic mass is 16.5. The van der Waals surface area contributed by atoms with Crippen molar-refractivity contribution in [3.05, 3.63) is 23.4 Å². The molecule has 0 radical (unpaired) electrons. The Bertz CT molecular complexity index is 804. The highest BCUT2D eigenvalue weighted by Gasteiger charge is 2.57. The lowest BCUT2D eigenvalue weighted by molar-refractivity contribution is 0.145. The summed E-state index contributed by atoms with van der Waals surface area (Å²) in [5.41, 5.74) is 0.466. The Morgan fingerprint density at radius 3 is 2.86 bits per heavy atom. The van der Waals surface area contributed by atoms with E-state index in [1.54, 1.807) is 0 Å². The molecule has 152 valence electrons. The first kappa shape index (κ1) is 18.3. The standard InChI is InChI=1S/C21H32N6O/c1-2-3-7-17-22-19(28-25-17)15-26-12-9-21(10-13-26)14-16(21)20-24-23-18-8-5-4-6-11-27(18)20/h16H,2-15H2,1H3/t16-/m1/s1. The number of likely N-dealkylation sites (tertiary alicyclic amines) is 1. The molecule has 7 heteroatoms. The van der Waals surface area contributed by atoms with Gasteiger partial charge in [0.2, 0.25) is 5.89 Å². The molecule has 0 N–H and O–H groups in total. The molecular formula is C21H32N6O. The molecule has 1 spiro atoms. The average molecular weight is 385 g/mol. The average Bonchev–Trinajstić information content (AvgIpc) is 3.09. The number of hydrogen-bond acceptors (Lipinski definition) is 6. The highest BCUT2D eigenvalue weighted by molar-refractivity contribution is 5.21. The van der Waals surface area contributed by atoms with Gasteiger partial charge in [-0.25, -0.2) is 0 Å². The van der Waals surface area contributed by atoms with Gasteiger partial charge >= 0.3 is 0 Å². The fourth-order valence-corrected chi connectivity index (χ4v) is 5.17. The van der Waals surface area contributed by atoms with Gasteiger partial charge in [0, 0.05) is 25.3 Å². The summed E-state index contributed by atoms with van der Waals surface area (Å²) < 4.78 is 7.92. The van der Waals surface area contributed by atoms with Gasteiger partial charge in [-0.1, -0.05) is 24.9 Å². The van der Waals surface area contributed by atoms with Crippen molar-refractivity contribution < 1.29 is 4.52 Å². The molecule has 1 aliphatic carbocycles. The van der Waals surface area contributed by atoms with E-state index in [1.807, 2.05) is 0 Å². The van der Waals surface area contributed by atoms with Gasteiger partial charge in [-0.05, 0) is 57.0 Å². The first-order valence-electron chi connectivity index (χ1n) is 11.2. The second-order valence-corrected chi connectivity index (χ2v) is 9.04. The van der Waals surface area contributed by atoms with E-state index in [1.165, 1.54) is 50.2 Å². The third-order valence-electron chi connectivity index (χ3n) is 7.11. The van der Waals surface area contributed by atoms with E-state index in [0.717, 1.165) is 63.6 Å². The predicted octanol–water partition coefficient (Wildman–Crippen LogP) is 3.50. The van der Waals surface area contributed by atoms with Crippen LogP contribution in [0.25, 0.3) is 0 Å². The first-order valence-corrected chi connectivity index (χ1v) is 11.2. The Morgan fingerprint density at radius 2 is 2.00 bits per heavy atom. The van der Waals surface area contributed by atoms with Crippen LogP contribution in [0.1, 0.15) is 87.6 Å². The normalized spacial score (nSPS) is 24.2. The Labute approximate surface area is 166 Å². The molecule has 1 saturated heterocycles. The Morgan fingerprint density at radius 1 is 1.11 bits per heavy atom. The van der Waals surface area contributed by atoms with E-state index in [9.17, 15) is 0 Å². The third kappa shape index (κ3) is 3.49. The summed E-state index contributed by atoms with van der Waals surface area (Å²) in [5, 5.41) is 13.3. The lowest BCUT2D eigenvalue weighted by Gasteiger charge is -2.31. The van der Waals surface area contributed by atoms with E-state index in [0.29, 0.717) is 11.3 Å². The molecular weight excluding hydrogens is 352 g/mol. The molecule has 28 heavy (non-hydrogen) atoms. The van der Waals surface area contributed by atoms with Crippen molar-refractivity contribution in [3.8, 4) is 0 Å². The quantitative estimate of drug-likeness (QED) is 0.759. The maximum atomic E-state index is 5.46. The molecule has 1 saturated carbocycles. The second-order valence-electron chi connectivity index (χ2n) is 9.04. The van der Waals surface area contributed by atoms with Crippen molar-refractivity contribution in [2.75, 3.05) is 13.1 Å². The summed E-state index contributed by atoms with van der Waals surface area (Å²) in [5.74, 6) is 4.76. The SMILES string of the molecule is CCCCc1noc(CN2CCC3(CC2)C[C@@H]3c2nnc3n2CCCCC3)n1. The number of hydrogen-bond donors (Lipinski definition) is 0. The summed E-state index contributed by atoms with van der Waals surface area (Å²) in [6.07, 6.45) is 12.0. The number of aromatic nitrogens is 5. The van der Waals surface area contributed by atoms with Crippen LogP contribution in [0.2, 0.25) is 0 Å². The predicted molar refractivity (Wildman–Crippen MR) is 105 cm³/mol. The molecule has 2 aromatic rings. The zero-order chi connectivity index (χ0) is 19.0. The van der Waals surface area contributed by atoms with Crippen molar-refractivity contribution in [1.82, 2.24) is 29.8 Å². The minimum absolute atomic E-state index is 0.466. The molecule has 2 aliphatic heterocycles. The zero-order valence-electron chi connectivity index (χ0n) is 17.1. The van der Waals surface area contributed by atoms with E-state index >= 15 is 0 Å². The van der Waals surface area contributed by atoms with Gasteiger partial charge in [-0.2, -0.15) is 4.98 Å². The van der Waals surface area contributed by atoms with Crippen molar-refractivity contribution in [2.45, 2.75) is 90.1 Å². The van der Waals surface area contributed by atoms with Crippen molar-refractivity contribution in [3.63, 3.8) is 0 Å². The van der Waals surface area contributed by atoms with Crippen LogP contribution in [-0.2, 0) is 25.9 Å². The van der Waals surface area contributed by atoms with Crippen molar-refractivity contribution >= 4 is 0 Å². The molecule has 0 aromatic carbocycles. The van der Waals surface area contributed by atoms with Crippen LogP contribution in [0.15, 0.2) is 4.52 Å². The summed E-state index contributed by atoms with van der Waals surface area (Å²) in [6.45, 7) is 6.33. The van der Waals surface area contributed by atoms with Crippen molar-refractivity contribution in [2.24, 2.45) is 5.41 Å². The van der Waals surface area contributed by atoms with Gasteiger partial charge in [0.25, 0.3) is 0 Å². The highest BCUT2D eigenvalue weighted by Crippen LogP contribution is 2.64. The maximum absolute atomic E-state index is 5.46. The minimum Gasteiger partial charge on any atom is -0.338 e. The largest absolute Gasteiger partial charge is 0.338 e. The lowest BCUT2D eigenvalue weighted by Crippen LogP contribution is -2.34. The maximum Gasteiger partial charge on any atom is 0.240 e. The summed E-state index contributed by atoms with van der Waals surface area (Å²) in [6, 6.07) is 0. The molecule has 0 amide bonds. The summed E-state index contributed by atoms with van der Waals surface area (Å²) >= 11 is 0. The van der Waals surface area contributed by atoms with Crippen LogP contribution in [0.4, 0.5) is 0 Å². The van der Waals surface area contributed by atoms with Crippen LogP contribution in [0, 0.1) is 5.41 Å². The molecule has 0 unspecified atom stereocenters. The summed E-state index contributed by atoms with van der Waals surface area (Å²) in [7, 11) is 0.